The lowest BCUT2D eigenvalue weighted by Gasteiger charge is -2.09. The molecule has 0 aromatic heterocycles. The van der Waals surface area contributed by atoms with Crippen molar-refractivity contribution in [2.75, 3.05) is 13.2 Å². The summed E-state index contributed by atoms with van der Waals surface area (Å²) in [6, 6.07) is 0. The molecule has 1 saturated heterocycles. The molecule has 0 amide bonds. The zero-order valence-electron chi connectivity index (χ0n) is 7.06. The monoisotopic (exact) mass is 174 g/mol. The first-order valence-electron chi connectivity index (χ1n) is 3.87. The van der Waals surface area contributed by atoms with Crippen LogP contribution >= 0.6 is 0 Å². The smallest absolute Gasteiger partial charge is 0.189 e. The van der Waals surface area contributed by atoms with Crippen LogP contribution in [0.3, 0.4) is 0 Å². The van der Waals surface area contributed by atoms with Gasteiger partial charge in [-0.1, -0.05) is 6.58 Å². The maximum Gasteiger partial charge on any atom is 0.189 e. The molecule has 2 N–H and O–H groups in total. The molecule has 4 nitrogen and oxygen atoms in total. The molecule has 70 valence electrons. The third-order valence-electron chi connectivity index (χ3n) is 1.67. The summed E-state index contributed by atoms with van der Waals surface area (Å²) in [5.74, 6) is 0. The van der Waals surface area contributed by atoms with Crippen molar-refractivity contribution in [3.8, 4) is 0 Å². The Hall–Kier alpha value is -0.420. The van der Waals surface area contributed by atoms with Crippen LogP contribution in [0.15, 0.2) is 12.2 Å². The van der Waals surface area contributed by atoms with E-state index < -0.39 is 6.10 Å². The van der Waals surface area contributed by atoms with Gasteiger partial charge < -0.3 is 19.7 Å². The molecule has 0 radical (unpaired) electrons. The Kier molecular flexibility index (Phi) is 3.22. The Morgan fingerprint density at radius 1 is 1.58 bits per heavy atom. The van der Waals surface area contributed by atoms with Crippen LogP contribution in [0.2, 0.25) is 0 Å². The van der Waals surface area contributed by atoms with E-state index in [1.807, 2.05) is 6.92 Å². The molecule has 0 saturated carbocycles. The topological polar surface area (TPSA) is 62.2 Å². The predicted molar refractivity (Wildman–Crippen MR) is 42.5 cm³/mol. The van der Waals surface area contributed by atoms with E-state index in [9.17, 15) is 0 Å². The van der Waals surface area contributed by atoms with Gasteiger partial charge in [-0.3, -0.25) is 0 Å². The molecule has 1 fully saturated rings. The van der Waals surface area contributed by atoms with Gasteiger partial charge in [0.1, 0.15) is 12.2 Å². The summed E-state index contributed by atoms with van der Waals surface area (Å²) >= 11 is 0. The number of rotatable bonds is 5. The van der Waals surface area contributed by atoms with E-state index in [-0.39, 0.29) is 25.6 Å². The molecule has 12 heavy (non-hydrogen) atoms. The van der Waals surface area contributed by atoms with Crippen LogP contribution in [0.5, 0.6) is 0 Å². The van der Waals surface area contributed by atoms with E-state index >= 15 is 0 Å². The lowest BCUT2D eigenvalue weighted by molar-refractivity contribution is -0.0607. The Labute approximate surface area is 71.4 Å². The van der Waals surface area contributed by atoms with Crippen molar-refractivity contribution < 1.29 is 19.7 Å². The van der Waals surface area contributed by atoms with Gasteiger partial charge in [-0.05, 0) is 12.5 Å². The molecular weight excluding hydrogens is 160 g/mol. The minimum Gasteiger partial charge on any atom is -0.394 e. The predicted octanol–water partition coefficient (Wildman–Crippen LogP) is -0.343. The largest absolute Gasteiger partial charge is 0.394 e. The second-order valence-electron chi connectivity index (χ2n) is 2.89. The molecule has 1 aliphatic rings. The van der Waals surface area contributed by atoms with Crippen LogP contribution in [0, 0.1) is 0 Å². The van der Waals surface area contributed by atoms with Crippen molar-refractivity contribution in [3.05, 3.63) is 12.2 Å². The van der Waals surface area contributed by atoms with E-state index in [0.717, 1.165) is 5.57 Å². The van der Waals surface area contributed by atoms with Gasteiger partial charge in [0.05, 0.1) is 13.2 Å². The van der Waals surface area contributed by atoms with E-state index in [1.54, 1.807) is 0 Å². The standard InChI is InChI=1S/C8H14O4/c1-5(2)7-8(12-7)11-6(3-9)4-10/h6-10H,1,3-4H2,2H3. The molecule has 2 unspecified atom stereocenters. The number of aliphatic hydroxyl groups is 2. The van der Waals surface area contributed by atoms with Crippen molar-refractivity contribution in [1.82, 2.24) is 0 Å². The maximum absolute atomic E-state index is 8.66. The summed E-state index contributed by atoms with van der Waals surface area (Å²) in [5, 5.41) is 17.3. The van der Waals surface area contributed by atoms with Crippen LogP contribution in [-0.4, -0.2) is 41.9 Å². The lowest BCUT2D eigenvalue weighted by atomic mass is 10.2. The van der Waals surface area contributed by atoms with Gasteiger partial charge in [0.25, 0.3) is 0 Å². The van der Waals surface area contributed by atoms with Crippen LogP contribution in [0.1, 0.15) is 6.92 Å². The second-order valence-corrected chi connectivity index (χ2v) is 2.89. The Morgan fingerprint density at radius 2 is 2.17 bits per heavy atom. The fourth-order valence-electron chi connectivity index (χ4n) is 0.885. The number of aliphatic hydroxyl groups excluding tert-OH is 2. The summed E-state index contributed by atoms with van der Waals surface area (Å²) in [6.07, 6.45) is -0.934. The van der Waals surface area contributed by atoms with Gasteiger partial charge in [-0.25, -0.2) is 0 Å². The SMILES string of the molecule is C=C(C)C1OC1OC(CO)CO. The third-order valence-corrected chi connectivity index (χ3v) is 1.67. The van der Waals surface area contributed by atoms with E-state index in [0.29, 0.717) is 0 Å². The number of ether oxygens (including phenoxy) is 2. The van der Waals surface area contributed by atoms with E-state index in [4.69, 9.17) is 19.7 Å². The number of hydrogen-bond donors (Lipinski definition) is 2. The van der Waals surface area contributed by atoms with Gasteiger partial charge >= 0.3 is 0 Å². The molecule has 1 heterocycles. The van der Waals surface area contributed by atoms with Crippen molar-refractivity contribution in [1.29, 1.82) is 0 Å². The fourth-order valence-corrected chi connectivity index (χ4v) is 0.885. The number of epoxide rings is 1. The lowest BCUT2D eigenvalue weighted by Crippen LogP contribution is -2.24. The molecule has 0 bridgehead atoms. The molecule has 4 heteroatoms. The van der Waals surface area contributed by atoms with Gasteiger partial charge in [0.15, 0.2) is 6.29 Å². The maximum atomic E-state index is 8.66. The van der Waals surface area contributed by atoms with Crippen molar-refractivity contribution in [3.63, 3.8) is 0 Å². The van der Waals surface area contributed by atoms with Crippen molar-refractivity contribution in [2.45, 2.75) is 25.4 Å². The molecule has 1 aliphatic heterocycles. The normalized spacial score (nSPS) is 27.7. The van der Waals surface area contributed by atoms with Crippen molar-refractivity contribution in [2.24, 2.45) is 0 Å². The minimum atomic E-state index is -0.542. The first-order valence-corrected chi connectivity index (χ1v) is 3.87. The Bertz CT molecular complexity index is 164. The number of hydrogen-bond acceptors (Lipinski definition) is 4. The summed E-state index contributed by atoms with van der Waals surface area (Å²) in [5.41, 5.74) is 0.898. The molecule has 0 aromatic carbocycles. The zero-order valence-corrected chi connectivity index (χ0v) is 7.06. The molecule has 0 aromatic rings. The van der Waals surface area contributed by atoms with E-state index in [2.05, 4.69) is 6.58 Å². The minimum absolute atomic E-state index is 0.0643. The molecule has 1 rings (SSSR count). The average molecular weight is 174 g/mol. The second kappa shape index (κ2) is 4.00. The van der Waals surface area contributed by atoms with Crippen LogP contribution in [0.4, 0.5) is 0 Å². The first-order chi connectivity index (χ1) is 5.69. The van der Waals surface area contributed by atoms with Gasteiger partial charge in [0, 0.05) is 0 Å². The molecule has 0 aliphatic carbocycles. The van der Waals surface area contributed by atoms with Gasteiger partial charge in [-0.15, -0.1) is 0 Å². The highest BCUT2D eigenvalue weighted by Crippen LogP contribution is 2.29. The Balaban J connectivity index is 2.21. The molecular formula is C8H14O4. The van der Waals surface area contributed by atoms with E-state index in [1.165, 1.54) is 0 Å². The summed E-state index contributed by atoms with van der Waals surface area (Å²) in [7, 11) is 0. The van der Waals surface area contributed by atoms with Crippen molar-refractivity contribution >= 4 is 0 Å². The first kappa shape index (κ1) is 9.67. The Morgan fingerprint density at radius 3 is 2.50 bits per heavy atom. The third kappa shape index (κ3) is 2.28. The van der Waals surface area contributed by atoms with Gasteiger partial charge in [0.2, 0.25) is 0 Å². The highest BCUT2D eigenvalue weighted by atomic mass is 16.8. The van der Waals surface area contributed by atoms with Gasteiger partial charge in [-0.2, -0.15) is 0 Å². The van der Waals surface area contributed by atoms with Crippen LogP contribution in [-0.2, 0) is 9.47 Å². The molecule has 0 spiro atoms. The highest BCUT2D eigenvalue weighted by Gasteiger charge is 2.42. The van der Waals surface area contributed by atoms with Crippen LogP contribution in [0.25, 0.3) is 0 Å². The quantitative estimate of drug-likeness (QED) is 0.442. The zero-order chi connectivity index (χ0) is 9.14. The highest BCUT2D eigenvalue weighted by molar-refractivity contribution is 5.07. The summed E-state index contributed by atoms with van der Waals surface area (Å²) in [6.45, 7) is 5.15. The van der Waals surface area contributed by atoms with Crippen LogP contribution < -0.4 is 0 Å². The molecule has 2 atom stereocenters. The fraction of sp³-hybridized carbons (Fsp3) is 0.750. The average Bonchev–Trinajstić information content (AvgIpc) is 2.79. The summed E-state index contributed by atoms with van der Waals surface area (Å²) < 4.78 is 10.2. The summed E-state index contributed by atoms with van der Waals surface area (Å²) in [4.78, 5) is 0.